The van der Waals surface area contributed by atoms with E-state index in [9.17, 15) is 39.9 Å². The van der Waals surface area contributed by atoms with E-state index in [1.807, 2.05) is 0 Å². The normalized spacial score (nSPS) is 24.3. The second kappa shape index (κ2) is 10.9. The Morgan fingerprint density at radius 2 is 1.26 bits per heavy atom. The molecule has 0 aliphatic heterocycles. The van der Waals surface area contributed by atoms with Crippen LogP contribution in [0.4, 0.5) is 0 Å². The van der Waals surface area contributed by atoms with Gasteiger partial charge in [-0.25, -0.2) is 14.4 Å². The first-order chi connectivity index (χ1) is 16.6. The summed E-state index contributed by atoms with van der Waals surface area (Å²) in [4.78, 5) is 36.2. The number of hydrogen-bond donors (Lipinski definition) is 5. The molecule has 3 rings (SSSR count). The van der Waals surface area contributed by atoms with Gasteiger partial charge in [0, 0.05) is 25.0 Å². The molecule has 0 heterocycles. The van der Waals surface area contributed by atoms with Crippen molar-refractivity contribution < 1.29 is 49.4 Å². The minimum absolute atomic E-state index is 0.0398. The van der Waals surface area contributed by atoms with Crippen LogP contribution < -0.4 is 0 Å². The fourth-order valence-corrected chi connectivity index (χ4v) is 3.54. The van der Waals surface area contributed by atoms with Crippen molar-refractivity contribution in [2.75, 3.05) is 0 Å². The lowest BCUT2D eigenvalue weighted by Crippen LogP contribution is -2.58. The summed E-state index contributed by atoms with van der Waals surface area (Å²) in [6.45, 7) is 0. The summed E-state index contributed by atoms with van der Waals surface area (Å²) in [6, 6.07) is 11.8. The van der Waals surface area contributed by atoms with E-state index < -0.39 is 54.7 Å². The Hall–Kier alpha value is -4.15. The van der Waals surface area contributed by atoms with E-state index in [0.717, 1.165) is 12.2 Å². The molecule has 10 heteroatoms. The molecule has 184 valence electrons. The summed E-state index contributed by atoms with van der Waals surface area (Å²) in [6.07, 6.45) is -0.901. The molecule has 35 heavy (non-hydrogen) atoms. The lowest BCUT2D eigenvalue weighted by Gasteiger charge is -2.40. The van der Waals surface area contributed by atoms with Crippen molar-refractivity contribution in [3.05, 3.63) is 71.8 Å². The molecular formula is C25H24O10. The number of ether oxygens (including phenoxy) is 2. The van der Waals surface area contributed by atoms with Crippen molar-refractivity contribution >= 4 is 30.1 Å². The number of carboxylic acids is 1. The molecular weight excluding hydrogens is 460 g/mol. The second-order valence-corrected chi connectivity index (χ2v) is 8.04. The molecule has 10 nitrogen and oxygen atoms in total. The molecule has 1 saturated carbocycles. The molecule has 0 saturated heterocycles. The molecule has 2 aromatic rings. The molecule has 0 radical (unpaired) electrons. The Balaban J connectivity index is 1.73. The van der Waals surface area contributed by atoms with Gasteiger partial charge in [-0.05, 0) is 47.5 Å². The zero-order valence-corrected chi connectivity index (χ0v) is 18.4. The van der Waals surface area contributed by atoms with E-state index >= 15 is 0 Å². The van der Waals surface area contributed by atoms with Crippen molar-refractivity contribution in [1.82, 2.24) is 0 Å². The van der Waals surface area contributed by atoms with Crippen LogP contribution in [0.15, 0.2) is 60.7 Å². The number of aliphatic hydroxyl groups excluding tert-OH is 1. The molecule has 0 spiro atoms. The third-order valence-corrected chi connectivity index (χ3v) is 5.36. The maximum atomic E-state index is 12.4. The number of phenols is 2. The number of carbonyl (C=O) groups is 3. The quantitative estimate of drug-likeness (QED) is 0.287. The molecule has 5 N–H and O–H groups in total. The van der Waals surface area contributed by atoms with Crippen LogP contribution in [-0.2, 0) is 23.9 Å². The average Bonchev–Trinajstić information content (AvgIpc) is 2.80. The Labute approximate surface area is 200 Å². The molecule has 1 aliphatic rings. The van der Waals surface area contributed by atoms with Crippen LogP contribution in [0, 0.1) is 0 Å². The first-order valence-electron chi connectivity index (χ1n) is 10.5. The van der Waals surface area contributed by atoms with Gasteiger partial charge in [-0.2, -0.15) is 0 Å². The molecule has 0 amide bonds. The van der Waals surface area contributed by atoms with Gasteiger partial charge in [-0.15, -0.1) is 0 Å². The number of aromatic hydroxyl groups is 2. The molecule has 0 bridgehead atoms. The van der Waals surface area contributed by atoms with E-state index in [-0.39, 0.29) is 11.5 Å². The Morgan fingerprint density at radius 1 is 0.800 bits per heavy atom. The molecule has 4 atom stereocenters. The molecule has 0 aromatic heterocycles. The van der Waals surface area contributed by atoms with Crippen LogP contribution in [0.3, 0.4) is 0 Å². The highest BCUT2D eigenvalue weighted by molar-refractivity contribution is 5.88. The van der Waals surface area contributed by atoms with Gasteiger partial charge in [0.1, 0.15) is 17.6 Å². The summed E-state index contributed by atoms with van der Waals surface area (Å²) in [5.41, 5.74) is -1.25. The van der Waals surface area contributed by atoms with Crippen molar-refractivity contribution in [1.29, 1.82) is 0 Å². The van der Waals surface area contributed by atoms with Gasteiger partial charge in [0.05, 0.1) is 6.10 Å². The fourth-order valence-electron chi connectivity index (χ4n) is 3.54. The number of hydrogen-bond acceptors (Lipinski definition) is 9. The minimum Gasteiger partial charge on any atom is -0.508 e. The highest BCUT2D eigenvalue weighted by atomic mass is 16.6. The van der Waals surface area contributed by atoms with Gasteiger partial charge in [0.2, 0.25) is 0 Å². The first-order valence-corrected chi connectivity index (χ1v) is 10.5. The molecule has 2 aromatic carbocycles. The summed E-state index contributed by atoms with van der Waals surface area (Å²) >= 11 is 0. The van der Waals surface area contributed by atoms with Crippen LogP contribution in [0.1, 0.15) is 24.0 Å². The number of esters is 2. The maximum absolute atomic E-state index is 12.4. The molecule has 1 fully saturated rings. The first kappa shape index (κ1) is 25.5. The van der Waals surface area contributed by atoms with Crippen LogP contribution in [0.5, 0.6) is 11.5 Å². The zero-order valence-electron chi connectivity index (χ0n) is 18.4. The van der Waals surface area contributed by atoms with Crippen LogP contribution in [0.2, 0.25) is 0 Å². The van der Waals surface area contributed by atoms with E-state index in [1.165, 1.54) is 48.6 Å². The van der Waals surface area contributed by atoms with Crippen molar-refractivity contribution in [2.24, 2.45) is 0 Å². The monoisotopic (exact) mass is 484 g/mol. The summed E-state index contributed by atoms with van der Waals surface area (Å²) in [5.74, 6) is -3.36. The predicted molar refractivity (Wildman–Crippen MR) is 122 cm³/mol. The number of phenolic OH excluding ortho intramolecular Hbond substituents is 2. The summed E-state index contributed by atoms with van der Waals surface area (Å²) in [5, 5.41) is 48.8. The van der Waals surface area contributed by atoms with Gasteiger partial charge in [0.25, 0.3) is 0 Å². The van der Waals surface area contributed by atoms with Gasteiger partial charge < -0.3 is 35.0 Å². The maximum Gasteiger partial charge on any atom is 0.335 e. The highest BCUT2D eigenvalue weighted by Gasteiger charge is 2.52. The highest BCUT2D eigenvalue weighted by Crippen LogP contribution is 2.33. The van der Waals surface area contributed by atoms with Crippen molar-refractivity contribution in [3.63, 3.8) is 0 Å². The van der Waals surface area contributed by atoms with Gasteiger partial charge in [0.15, 0.2) is 11.7 Å². The Morgan fingerprint density at radius 3 is 1.71 bits per heavy atom. The number of rotatable bonds is 7. The number of aliphatic carboxylic acids is 1. The van der Waals surface area contributed by atoms with Crippen LogP contribution in [-0.4, -0.2) is 67.4 Å². The number of aliphatic hydroxyl groups is 2. The smallest absolute Gasteiger partial charge is 0.335 e. The third-order valence-electron chi connectivity index (χ3n) is 5.36. The zero-order chi connectivity index (χ0) is 25.6. The average molecular weight is 484 g/mol. The summed E-state index contributed by atoms with van der Waals surface area (Å²) in [7, 11) is 0. The minimum atomic E-state index is -2.39. The fraction of sp³-hybridized carbons (Fsp3) is 0.240. The van der Waals surface area contributed by atoms with E-state index in [1.54, 1.807) is 12.1 Å². The third kappa shape index (κ3) is 6.92. The van der Waals surface area contributed by atoms with Gasteiger partial charge in [-0.1, -0.05) is 24.3 Å². The second-order valence-electron chi connectivity index (χ2n) is 8.04. The van der Waals surface area contributed by atoms with Crippen molar-refractivity contribution in [3.8, 4) is 11.5 Å². The molecule has 2 unspecified atom stereocenters. The topological polar surface area (TPSA) is 171 Å². The predicted octanol–water partition coefficient (Wildman–Crippen LogP) is 1.62. The van der Waals surface area contributed by atoms with E-state index in [4.69, 9.17) is 9.47 Å². The summed E-state index contributed by atoms with van der Waals surface area (Å²) < 4.78 is 10.5. The lowest BCUT2D eigenvalue weighted by atomic mass is 9.79. The van der Waals surface area contributed by atoms with E-state index in [0.29, 0.717) is 11.1 Å². The number of carbonyl (C=O) groups excluding carboxylic acids is 2. The Bertz CT molecular complexity index is 1120. The standard InChI is InChI=1S/C25H24O10/c26-17-7-1-15(2-8-17)5-11-21(29)34-20-14-25(33,24(31)32)13-19(28)23(20)35-22(30)12-6-16-3-9-18(27)10-4-16/h1-12,19-20,23,26-28,33H,13-14H2,(H,31,32)/b11-5+,12-6+/t19?,20?,23-,25+/m0/s1. The largest absolute Gasteiger partial charge is 0.508 e. The SMILES string of the molecule is O=C(/C=C/c1ccc(O)cc1)OC1C[C@@](O)(C(=O)O)CC(O)[C@@H]1OC(=O)/C=C/c1ccc(O)cc1. The van der Waals surface area contributed by atoms with Crippen LogP contribution >= 0.6 is 0 Å². The lowest BCUT2D eigenvalue weighted by molar-refractivity contribution is -0.204. The van der Waals surface area contributed by atoms with Crippen molar-refractivity contribution in [2.45, 2.75) is 36.8 Å². The van der Waals surface area contributed by atoms with Gasteiger partial charge >= 0.3 is 17.9 Å². The Kier molecular flexibility index (Phi) is 7.90. The van der Waals surface area contributed by atoms with Gasteiger partial charge in [-0.3, -0.25) is 0 Å². The molecule has 1 aliphatic carbocycles. The number of carboxylic acid groups (broad SMARTS) is 1. The number of benzene rings is 2. The van der Waals surface area contributed by atoms with Crippen LogP contribution in [0.25, 0.3) is 12.2 Å². The van der Waals surface area contributed by atoms with E-state index in [2.05, 4.69) is 0 Å².